The molecular weight excluding hydrogens is 254 g/mol. The maximum absolute atomic E-state index is 9.64. The number of phenolic OH excluding ortho intramolecular Hbond substituents is 1. The molecule has 0 aliphatic carbocycles. The zero-order valence-corrected chi connectivity index (χ0v) is 10.9. The second-order valence-corrected chi connectivity index (χ2v) is 4.51. The number of rotatable bonds is 4. The molecule has 1 heterocycles. The van der Waals surface area contributed by atoms with Crippen molar-refractivity contribution in [2.24, 2.45) is 5.73 Å². The van der Waals surface area contributed by atoms with Gasteiger partial charge in [0, 0.05) is 17.5 Å². The van der Waals surface area contributed by atoms with Crippen LogP contribution in [0.2, 0.25) is 0 Å². The van der Waals surface area contributed by atoms with Crippen LogP contribution in [0.25, 0.3) is 11.0 Å². The quantitative estimate of drug-likeness (QED) is 0.763. The molecule has 0 bridgehead atoms. The highest BCUT2D eigenvalue weighted by atomic mass is 16.5. The van der Waals surface area contributed by atoms with Crippen molar-refractivity contribution in [1.82, 2.24) is 0 Å². The Labute approximate surface area is 116 Å². The molecule has 0 radical (unpaired) electrons. The number of ether oxygens (including phenoxy) is 1. The molecule has 0 saturated carbocycles. The van der Waals surface area contributed by atoms with Gasteiger partial charge in [0.1, 0.15) is 18.0 Å². The Hall–Kier alpha value is -2.46. The number of nitrogens with two attached hydrogens (primary N) is 1. The zero-order chi connectivity index (χ0) is 13.9. The molecule has 20 heavy (non-hydrogen) atoms. The average molecular weight is 269 g/mol. The van der Waals surface area contributed by atoms with Crippen molar-refractivity contribution in [1.29, 1.82) is 0 Å². The average Bonchev–Trinajstić information content (AvgIpc) is 2.89. The summed E-state index contributed by atoms with van der Waals surface area (Å²) in [6, 6.07) is 14.6. The summed E-state index contributed by atoms with van der Waals surface area (Å²) in [4.78, 5) is 0. The second-order valence-electron chi connectivity index (χ2n) is 4.51. The van der Waals surface area contributed by atoms with E-state index in [0.717, 1.165) is 16.5 Å². The lowest BCUT2D eigenvalue weighted by Crippen LogP contribution is -1.95. The molecule has 102 valence electrons. The lowest BCUT2D eigenvalue weighted by Gasteiger charge is -2.05. The number of hydrogen-bond donors (Lipinski definition) is 2. The lowest BCUT2D eigenvalue weighted by atomic mass is 10.1. The number of para-hydroxylation sites is 3. The first-order chi connectivity index (χ1) is 9.78. The largest absolute Gasteiger partial charge is 0.504 e. The predicted molar refractivity (Wildman–Crippen MR) is 76.5 cm³/mol. The van der Waals surface area contributed by atoms with Gasteiger partial charge in [-0.1, -0.05) is 30.3 Å². The van der Waals surface area contributed by atoms with E-state index in [1.54, 1.807) is 24.3 Å². The van der Waals surface area contributed by atoms with Crippen molar-refractivity contribution in [2.45, 2.75) is 13.2 Å². The molecule has 0 amide bonds. The van der Waals surface area contributed by atoms with E-state index in [0.29, 0.717) is 18.1 Å². The normalized spacial score (nSPS) is 10.8. The summed E-state index contributed by atoms with van der Waals surface area (Å²) in [5.74, 6) is 1.25. The van der Waals surface area contributed by atoms with Crippen molar-refractivity contribution in [3.8, 4) is 11.5 Å². The Balaban J connectivity index is 1.83. The van der Waals surface area contributed by atoms with Gasteiger partial charge >= 0.3 is 0 Å². The summed E-state index contributed by atoms with van der Waals surface area (Å²) in [5, 5.41) is 10.6. The van der Waals surface area contributed by atoms with E-state index >= 15 is 0 Å². The number of benzene rings is 2. The molecule has 0 aliphatic heterocycles. The minimum atomic E-state index is 0.117. The molecule has 1 aromatic heterocycles. The number of fused-ring (bicyclic) bond motifs is 1. The summed E-state index contributed by atoms with van der Waals surface area (Å²) < 4.78 is 11.3. The topological polar surface area (TPSA) is 68.6 Å². The molecule has 3 aromatic rings. The van der Waals surface area contributed by atoms with E-state index in [2.05, 4.69) is 0 Å². The maximum atomic E-state index is 9.64. The minimum Gasteiger partial charge on any atom is -0.504 e. The van der Waals surface area contributed by atoms with E-state index in [1.165, 1.54) is 0 Å². The third-order valence-electron chi connectivity index (χ3n) is 3.13. The fourth-order valence-corrected chi connectivity index (χ4v) is 2.14. The molecule has 0 atom stereocenters. The van der Waals surface area contributed by atoms with Crippen LogP contribution in [0, 0.1) is 0 Å². The third kappa shape index (κ3) is 2.33. The molecule has 0 aliphatic rings. The fourth-order valence-electron chi connectivity index (χ4n) is 2.14. The Morgan fingerprint density at radius 2 is 1.95 bits per heavy atom. The molecule has 0 unspecified atom stereocenters. The number of phenols is 1. The Kier molecular flexibility index (Phi) is 3.31. The first-order valence-electron chi connectivity index (χ1n) is 6.39. The smallest absolute Gasteiger partial charge is 0.161 e. The third-order valence-corrected chi connectivity index (χ3v) is 3.13. The van der Waals surface area contributed by atoms with Gasteiger partial charge in [-0.05, 0) is 18.2 Å². The van der Waals surface area contributed by atoms with Crippen molar-refractivity contribution < 1.29 is 14.3 Å². The highest BCUT2D eigenvalue weighted by Gasteiger charge is 2.08. The van der Waals surface area contributed by atoms with E-state index in [-0.39, 0.29) is 12.4 Å². The molecule has 4 nitrogen and oxygen atoms in total. The summed E-state index contributed by atoms with van der Waals surface area (Å²) in [5.41, 5.74) is 7.45. The van der Waals surface area contributed by atoms with Crippen molar-refractivity contribution in [2.75, 3.05) is 0 Å². The second kappa shape index (κ2) is 5.27. The van der Waals surface area contributed by atoms with E-state index in [9.17, 15) is 5.11 Å². The summed E-state index contributed by atoms with van der Waals surface area (Å²) in [7, 11) is 0. The Morgan fingerprint density at radius 1 is 1.10 bits per heavy atom. The van der Waals surface area contributed by atoms with Gasteiger partial charge in [0.05, 0.1) is 0 Å². The van der Waals surface area contributed by atoms with Gasteiger partial charge in [0.2, 0.25) is 0 Å². The van der Waals surface area contributed by atoms with Gasteiger partial charge in [-0.25, -0.2) is 0 Å². The SMILES string of the molecule is NCc1cccc2cc(COc3ccccc3O)oc12. The molecule has 2 aromatic carbocycles. The van der Waals surface area contributed by atoms with E-state index in [4.69, 9.17) is 14.9 Å². The first kappa shape index (κ1) is 12.6. The molecular formula is C16H15NO3. The highest BCUT2D eigenvalue weighted by Crippen LogP contribution is 2.27. The Bertz CT molecular complexity index is 733. The van der Waals surface area contributed by atoms with Crippen LogP contribution in [0.4, 0.5) is 0 Å². The maximum Gasteiger partial charge on any atom is 0.161 e. The minimum absolute atomic E-state index is 0.117. The Morgan fingerprint density at radius 3 is 2.75 bits per heavy atom. The number of furan rings is 1. The molecule has 0 saturated heterocycles. The predicted octanol–water partition coefficient (Wildman–Crippen LogP) is 3.18. The van der Waals surface area contributed by atoms with Gasteiger partial charge in [-0.2, -0.15) is 0 Å². The van der Waals surface area contributed by atoms with Crippen LogP contribution in [-0.2, 0) is 13.2 Å². The lowest BCUT2D eigenvalue weighted by molar-refractivity contribution is 0.262. The van der Waals surface area contributed by atoms with Gasteiger partial charge in [0.15, 0.2) is 11.5 Å². The van der Waals surface area contributed by atoms with Crippen molar-refractivity contribution in [3.05, 3.63) is 59.9 Å². The van der Waals surface area contributed by atoms with Gasteiger partial charge in [0.25, 0.3) is 0 Å². The molecule has 0 spiro atoms. The summed E-state index contributed by atoms with van der Waals surface area (Å²) in [6.45, 7) is 0.695. The van der Waals surface area contributed by atoms with Crippen LogP contribution < -0.4 is 10.5 Å². The van der Waals surface area contributed by atoms with Gasteiger partial charge in [-0.3, -0.25) is 0 Å². The van der Waals surface area contributed by atoms with Gasteiger partial charge in [-0.15, -0.1) is 0 Å². The van der Waals surface area contributed by atoms with Crippen LogP contribution in [-0.4, -0.2) is 5.11 Å². The van der Waals surface area contributed by atoms with Crippen LogP contribution in [0.5, 0.6) is 11.5 Å². The first-order valence-corrected chi connectivity index (χ1v) is 6.39. The van der Waals surface area contributed by atoms with Crippen molar-refractivity contribution in [3.63, 3.8) is 0 Å². The molecule has 3 rings (SSSR count). The molecule has 4 heteroatoms. The monoisotopic (exact) mass is 269 g/mol. The molecule has 3 N–H and O–H groups in total. The van der Waals surface area contributed by atoms with Gasteiger partial charge < -0.3 is 20.0 Å². The van der Waals surface area contributed by atoms with Crippen LogP contribution in [0.15, 0.2) is 52.9 Å². The van der Waals surface area contributed by atoms with Crippen molar-refractivity contribution >= 4 is 11.0 Å². The highest BCUT2D eigenvalue weighted by molar-refractivity contribution is 5.81. The number of aromatic hydroxyl groups is 1. The standard InChI is InChI=1S/C16H15NO3/c17-9-12-5-3-4-11-8-13(20-16(11)12)10-19-15-7-2-1-6-14(15)18/h1-8,18H,9-10,17H2. The van der Waals surface area contributed by atoms with Crippen LogP contribution in [0.3, 0.4) is 0 Å². The molecule has 0 fully saturated rings. The van der Waals surface area contributed by atoms with E-state index < -0.39 is 0 Å². The zero-order valence-electron chi connectivity index (χ0n) is 10.9. The van der Waals surface area contributed by atoms with Crippen LogP contribution in [0.1, 0.15) is 11.3 Å². The summed E-state index contributed by atoms with van der Waals surface area (Å²) in [6.07, 6.45) is 0. The fraction of sp³-hybridized carbons (Fsp3) is 0.125. The van der Waals surface area contributed by atoms with E-state index in [1.807, 2.05) is 24.3 Å². The summed E-state index contributed by atoms with van der Waals surface area (Å²) >= 11 is 0. The number of hydrogen-bond acceptors (Lipinski definition) is 4. The van der Waals surface area contributed by atoms with Crippen LogP contribution >= 0.6 is 0 Å².